The second-order valence-corrected chi connectivity index (χ2v) is 3.80. The van der Waals surface area contributed by atoms with Crippen LogP contribution in [0.5, 0.6) is 0 Å². The third-order valence-corrected chi connectivity index (χ3v) is 2.84. The van der Waals surface area contributed by atoms with Gasteiger partial charge >= 0.3 is 0 Å². The van der Waals surface area contributed by atoms with Crippen molar-refractivity contribution in [3.63, 3.8) is 0 Å². The van der Waals surface area contributed by atoms with Crippen molar-refractivity contribution >= 4 is 0 Å². The lowest BCUT2D eigenvalue weighted by molar-refractivity contribution is -0.0533. The van der Waals surface area contributed by atoms with Gasteiger partial charge in [-0.15, -0.1) is 0 Å². The maximum Gasteiger partial charge on any atom is 0.157 e. The van der Waals surface area contributed by atoms with E-state index in [1.165, 1.54) is 19.3 Å². The van der Waals surface area contributed by atoms with Crippen LogP contribution in [0.25, 0.3) is 0 Å². The molecule has 0 amide bonds. The smallest absolute Gasteiger partial charge is 0.157 e. The minimum Gasteiger partial charge on any atom is -0.381 e. The van der Waals surface area contributed by atoms with E-state index < -0.39 is 0 Å². The topological polar surface area (TPSA) is 27.7 Å². The molecule has 3 nitrogen and oxygen atoms in total. The molecule has 3 heteroatoms. The first kappa shape index (κ1) is 9.44. The summed E-state index contributed by atoms with van der Waals surface area (Å²) in [6.45, 7) is 3.44. The molecule has 2 aliphatic rings. The predicted octanol–water partition coefficient (Wildman–Crippen LogP) is 1.57. The van der Waals surface area contributed by atoms with Gasteiger partial charge in [0.2, 0.25) is 0 Å². The van der Waals surface area contributed by atoms with Gasteiger partial charge < -0.3 is 14.2 Å². The van der Waals surface area contributed by atoms with Crippen LogP contribution in [-0.2, 0) is 14.2 Å². The molecular weight excluding hydrogens is 168 g/mol. The Labute approximate surface area is 79.4 Å². The maximum atomic E-state index is 5.39. The molecule has 0 aromatic heterocycles. The Morgan fingerprint density at radius 1 is 0.846 bits per heavy atom. The number of rotatable bonds is 3. The van der Waals surface area contributed by atoms with Crippen molar-refractivity contribution in [2.24, 2.45) is 5.92 Å². The molecule has 0 saturated carbocycles. The van der Waals surface area contributed by atoms with Gasteiger partial charge in [-0.05, 0) is 31.6 Å². The molecule has 0 atom stereocenters. The Balaban J connectivity index is 1.60. The molecule has 0 aromatic carbocycles. The van der Waals surface area contributed by atoms with Gasteiger partial charge in [-0.25, -0.2) is 0 Å². The quantitative estimate of drug-likeness (QED) is 0.669. The zero-order valence-electron chi connectivity index (χ0n) is 8.04. The van der Waals surface area contributed by atoms with E-state index in [-0.39, 0.29) is 6.29 Å². The summed E-state index contributed by atoms with van der Waals surface area (Å²) < 4.78 is 16.1. The maximum absolute atomic E-state index is 5.39. The van der Waals surface area contributed by atoms with E-state index in [0.29, 0.717) is 0 Å². The van der Waals surface area contributed by atoms with Gasteiger partial charge in [0.1, 0.15) is 0 Å². The van der Waals surface area contributed by atoms with Crippen LogP contribution in [0.4, 0.5) is 0 Å². The SMILES string of the molecule is C1CC(CCC2OCCO2)CCO1. The van der Waals surface area contributed by atoms with Gasteiger partial charge in [-0.3, -0.25) is 0 Å². The van der Waals surface area contributed by atoms with Crippen molar-refractivity contribution < 1.29 is 14.2 Å². The Bertz CT molecular complexity index is 137. The highest BCUT2D eigenvalue weighted by Crippen LogP contribution is 2.22. The molecule has 2 heterocycles. The van der Waals surface area contributed by atoms with Crippen LogP contribution < -0.4 is 0 Å². The van der Waals surface area contributed by atoms with E-state index in [4.69, 9.17) is 14.2 Å². The molecule has 0 bridgehead atoms. The average molecular weight is 186 g/mol. The van der Waals surface area contributed by atoms with Crippen LogP contribution in [0, 0.1) is 5.92 Å². The lowest BCUT2D eigenvalue weighted by Gasteiger charge is -2.22. The van der Waals surface area contributed by atoms with Crippen LogP contribution >= 0.6 is 0 Å². The number of ether oxygens (including phenoxy) is 3. The van der Waals surface area contributed by atoms with Crippen molar-refractivity contribution in [3.05, 3.63) is 0 Å². The summed E-state index contributed by atoms with van der Waals surface area (Å²) in [5.41, 5.74) is 0. The van der Waals surface area contributed by atoms with Gasteiger partial charge in [-0.1, -0.05) is 0 Å². The molecule has 2 fully saturated rings. The van der Waals surface area contributed by atoms with Crippen molar-refractivity contribution in [2.75, 3.05) is 26.4 Å². The number of hydrogen-bond donors (Lipinski definition) is 0. The lowest BCUT2D eigenvalue weighted by atomic mass is 9.95. The monoisotopic (exact) mass is 186 g/mol. The molecule has 0 aromatic rings. The molecule has 0 N–H and O–H groups in total. The third kappa shape index (κ3) is 2.93. The van der Waals surface area contributed by atoms with Crippen molar-refractivity contribution in [3.8, 4) is 0 Å². The Kier molecular flexibility index (Phi) is 3.58. The van der Waals surface area contributed by atoms with Gasteiger partial charge in [0.15, 0.2) is 6.29 Å². The van der Waals surface area contributed by atoms with Crippen LogP contribution in [0.15, 0.2) is 0 Å². The van der Waals surface area contributed by atoms with Crippen LogP contribution in [-0.4, -0.2) is 32.7 Å². The summed E-state index contributed by atoms with van der Waals surface area (Å²) in [5.74, 6) is 0.835. The van der Waals surface area contributed by atoms with Gasteiger partial charge in [0.05, 0.1) is 13.2 Å². The summed E-state index contributed by atoms with van der Waals surface area (Å²) in [5, 5.41) is 0. The largest absolute Gasteiger partial charge is 0.381 e. The molecule has 0 spiro atoms. The summed E-state index contributed by atoms with van der Waals surface area (Å²) in [6, 6.07) is 0. The molecule has 0 radical (unpaired) electrons. The van der Waals surface area contributed by atoms with E-state index in [1.807, 2.05) is 0 Å². The molecule has 2 saturated heterocycles. The Morgan fingerprint density at radius 2 is 1.54 bits per heavy atom. The number of hydrogen-bond acceptors (Lipinski definition) is 3. The first-order valence-corrected chi connectivity index (χ1v) is 5.26. The van der Waals surface area contributed by atoms with Crippen LogP contribution in [0.2, 0.25) is 0 Å². The second kappa shape index (κ2) is 4.94. The van der Waals surface area contributed by atoms with Crippen LogP contribution in [0.3, 0.4) is 0 Å². The molecule has 0 unspecified atom stereocenters. The van der Waals surface area contributed by atoms with Crippen molar-refractivity contribution in [1.29, 1.82) is 0 Å². The van der Waals surface area contributed by atoms with Gasteiger partial charge in [0, 0.05) is 13.2 Å². The molecular formula is C10H18O3. The second-order valence-electron chi connectivity index (χ2n) is 3.80. The molecule has 13 heavy (non-hydrogen) atoms. The first-order valence-electron chi connectivity index (χ1n) is 5.26. The van der Waals surface area contributed by atoms with E-state index in [2.05, 4.69) is 0 Å². The normalized spacial score (nSPS) is 26.8. The fourth-order valence-corrected chi connectivity index (χ4v) is 1.98. The minimum absolute atomic E-state index is 0.0860. The predicted molar refractivity (Wildman–Crippen MR) is 48.5 cm³/mol. The highest BCUT2D eigenvalue weighted by atomic mass is 16.7. The van der Waals surface area contributed by atoms with E-state index in [0.717, 1.165) is 38.8 Å². The minimum atomic E-state index is 0.0860. The van der Waals surface area contributed by atoms with Crippen molar-refractivity contribution in [1.82, 2.24) is 0 Å². The highest BCUT2D eigenvalue weighted by Gasteiger charge is 2.19. The van der Waals surface area contributed by atoms with E-state index in [1.54, 1.807) is 0 Å². The zero-order chi connectivity index (χ0) is 8.93. The standard InChI is InChI=1S/C10H18O3/c1(2-10-12-7-8-13-10)9-3-5-11-6-4-9/h9-10H,1-8H2. The average Bonchev–Trinajstić information content (AvgIpc) is 2.69. The molecule has 76 valence electrons. The summed E-state index contributed by atoms with van der Waals surface area (Å²) in [6.07, 6.45) is 4.81. The zero-order valence-corrected chi connectivity index (χ0v) is 8.04. The van der Waals surface area contributed by atoms with Crippen LogP contribution in [0.1, 0.15) is 25.7 Å². The first-order chi connectivity index (χ1) is 6.45. The van der Waals surface area contributed by atoms with Gasteiger partial charge in [0.25, 0.3) is 0 Å². The lowest BCUT2D eigenvalue weighted by Crippen LogP contribution is -2.18. The van der Waals surface area contributed by atoms with E-state index >= 15 is 0 Å². The fraction of sp³-hybridized carbons (Fsp3) is 1.00. The molecule has 0 aliphatic carbocycles. The highest BCUT2D eigenvalue weighted by molar-refractivity contribution is 4.65. The molecule has 2 aliphatic heterocycles. The van der Waals surface area contributed by atoms with Crippen molar-refractivity contribution in [2.45, 2.75) is 32.0 Å². The third-order valence-electron chi connectivity index (χ3n) is 2.84. The molecule has 2 rings (SSSR count). The fourth-order valence-electron chi connectivity index (χ4n) is 1.98. The Hall–Kier alpha value is -0.120. The summed E-state index contributed by atoms with van der Waals surface area (Å²) in [4.78, 5) is 0. The summed E-state index contributed by atoms with van der Waals surface area (Å²) >= 11 is 0. The Morgan fingerprint density at radius 3 is 2.23 bits per heavy atom. The van der Waals surface area contributed by atoms with Gasteiger partial charge in [-0.2, -0.15) is 0 Å². The van der Waals surface area contributed by atoms with E-state index in [9.17, 15) is 0 Å². The summed E-state index contributed by atoms with van der Waals surface area (Å²) in [7, 11) is 0.